The molecule has 1 saturated carbocycles. The fraction of sp³-hybridized carbons (Fsp3) is 0.533. The molecule has 0 spiro atoms. The molecule has 0 radical (unpaired) electrons. The van der Waals surface area contributed by atoms with Crippen LogP contribution in [0.5, 0.6) is 0 Å². The minimum atomic E-state index is -3.57. The summed E-state index contributed by atoms with van der Waals surface area (Å²) in [6, 6.07) is 6.77. The first-order valence-corrected chi connectivity index (χ1v) is 8.66. The Hall–Kier alpha value is -1.40. The number of aryl methyl sites for hydroxylation is 1. The Kier molecular flexibility index (Phi) is 4.68. The van der Waals surface area contributed by atoms with Crippen LogP contribution in [0.4, 0.5) is 0 Å². The van der Waals surface area contributed by atoms with Gasteiger partial charge in [-0.2, -0.15) is 0 Å². The molecule has 0 saturated heterocycles. The molecule has 1 aliphatic carbocycles. The van der Waals surface area contributed by atoms with Crippen LogP contribution in [0.15, 0.2) is 29.2 Å². The number of hydrogen-bond donors (Lipinski definition) is 2. The quantitative estimate of drug-likeness (QED) is 0.808. The Morgan fingerprint density at radius 3 is 2.33 bits per heavy atom. The third-order valence-electron chi connectivity index (χ3n) is 4.22. The second-order valence-corrected chi connectivity index (χ2v) is 7.51. The van der Waals surface area contributed by atoms with Gasteiger partial charge in [0.1, 0.15) is 0 Å². The summed E-state index contributed by atoms with van der Waals surface area (Å²) in [5, 5.41) is 8.94. The van der Waals surface area contributed by atoms with E-state index in [0.717, 1.165) is 31.2 Å². The highest BCUT2D eigenvalue weighted by atomic mass is 32.2. The molecule has 0 amide bonds. The highest BCUT2D eigenvalue weighted by Gasteiger charge is 2.39. The van der Waals surface area contributed by atoms with Gasteiger partial charge in [-0.1, -0.05) is 25.5 Å². The number of carboxylic acids is 1. The molecule has 0 aromatic heterocycles. The fourth-order valence-corrected chi connectivity index (χ4v) is 3.81. The Morgan fingerprint density at radius 2 is 1.90 bits per heavy atom. The van der Waals surface area contributed by atoms with Gasteiger partial charge in [0.2, 0.25) is 10.0 Å². The molecule has 116 valence electrons. The third-order valence-corrected chi connectivity index (χ3v) is 5.64. The summed E-state index contributed by atoms with van der Waals surface area (Å²) >= 11 is 0. The predicted octanol–water partition coefficient (Wildman–Crippen LogP) is 2.17. The van der Waals surface area contributed by atoms with Crippen molar-refractivity contribution in [2.45, 2.75) is 43.9 Å². The van der Waals surface area contributed by atoms with Crippen LogP contribution in [0.2, 0.25) is 0 Å². The second kappa shape index (κ2) is 6.15. The number of hydrogen-bond acceptors (Lipinski definition) is 3. The maximum Gasteiger partial charge on any atom is 0.303 e. The van der Waals surface area contributed by atoms with Crippen LogP contribution in [0.1, 0.15) is 38.2 Å². The molecule has 1 aromatic rings. The number of benzene rings is 1. The molecule has 1 aliphatic rings. The van der Waals surface area contributed by atoms with Crippen molar-refractivity contribution >= 4 is 16.0 Å². The zero-order valence-corrected chi connectivity index (χ0v) is 12.9. The van der Waals surface area contributed by atoms with Gasteiger partial charge in [0, 0.05) is 6.54 Å². The van der Waals surface area contributed by atoms with Gasteiger partial charge in [-0.15, -0.1) is 0 Å². The summed E-state index contributed by atoms with van der Waals surface area (Å²) < 4.78 is 27.1. The lowest BCUT2D eigenvalue weighted by Gasteiger charge is -2.40. The van der Waals surface area contributed by atoms with Gasteiger partial charge in [-0.05, 0) is 42.4 Å². The fourth-order valence-electron chi connectivity index (χ4n) is 2.65. The van der Waals surface area contributed by atoms with Crippen LogP contribution >= 0.6 is 0 Å². The topological polar surface area (TPSA) is 83.5 Å². The van der Waals surface area contributed by atoms with E-state index >= 15 is 0 Å². The van der Waals surface area contributed by atoms with Crippen molar-refractivity contribution in [3.8, 4) is 0 Å². The normalized spacial score (nSPS) is 17.2. The molecule has 2 N–H and O–H groups in total. The molecular formula is C15H21NO4S. The molecule has 0 aliphatic heterocycles. The first-order valence-electron chi connectivity index (χ1n) is 7.17. The van der Waals surface area contributed by atoms with E-state index in [1.54, 1.807) is 24.3 Å². The largest absolute Gasteiger partial charge is 0.481 e. The van der Waals surface area contributed by atoms with Crippen molar-refractivity contribution in [3.05, 3.63) is 29.8 Å². The van der Waals surface area contributed by atoms with E-state index in [9.17, 15) is 13.2 Å². The zero-order chi connectivity index (χ0) is 15.5. The standard InChI is InChI=1S/C15H21NO4S/c1-2-12-4-6-13(7-5-12)21(19,20)16-11-15(8-3-9-15)10-14(17)18/h4-7,16H,2-3,8-11H2,1H3,(H,17,18). The van der Waals surface area contributed by atoms with Crippen molar-refractivity contribution in [1.82, 2.24) is 4.72 Å². The smallest absolute Gasteiger partial charge is 0.303 e. The van der Waals surface area contributed by atoms with Gasteiger partial charge in [-0.3, -0.25) is 4.79 Å². The van der Waals surface area contributed by atoms with Crippen molar-refractivity contribution in [2.24, 2.45) is 5.41 Å². The van der Waals surface area contributed by atoms with Crippen LogP contribution in [0.3, 0.4) is 0 Å². The summed E-state index contributed by atoms with van der Waals surface area (Å²) in [5.41, 5.74) is 0.665. The molecular weight excluding hydrogens is 290 g/mol. The Bertz CT molecular complexity index is 603. The minimum absolute atomic E-state index is 0.0181. The van der Waals surface area contributed by atoms with Gasteiger partial charge >= 0.3 is 5.97 Å². The van der Waals surface area contributed by atoms with Crippen molar-refractivity contribution in [2.75, 3.05) is 6.54 Å². The van der Waals surface area contributed by atoms with E-state index in [-0.39, 0.29) is 17.9 Å². The zero-order valence-electron chi connectivity index (χ0n) is 12.1. The van der Waals surface area contributed by atoms with E-state index in [1.807, 2.05) is 6.92 Å². The van der Waals surface area contributed by atoms with Crippen LogP contribution in [0, 0.1) is 5.41 Å². The molecule has 6 heteroatoms. The first kappa shape index (κ1) is 16.0. The number of nitrogens with one attached hydrogen (secondary N) is 1. The maximum atomic E-state index is 12.2. The van der Waals surface area contributed by atoms with Crippen LogP contribution in [-0.4, -0.2) is 26.0 Å². The molecule has 0 unspecified atom stereocenters. The van der Waals surface area contributed by atoms with E-state index in [0.29, 0.717) is 0 Å². The molecule has 0 bridgehead atoms. The average molecular weight is 311 g/mol. The van der Waals surface area contributed by atoms with Crippen molar-refractivity contribution < 1.29 is 18.3 Å². The van der Waals surface area contributed by atoms with E-state index in [1.165, 1.54) is 0 Å². The summed E-state index contributed by atoms with van der Waals surface area (Å²) in [7, 11) is -3.57. The van der Waals surface area contributed by atoms with Gasteiger partial charge in [0.15, 0.2) is 0 Å². The highest BCUT2D eigenvalue weighted by molar-refractivity contribution is 7.89. The molecule has 2 rings (SSSR count). The molecule has 21 heavy (non-hydrogen) atoms. The van der Waals surface area contributed by atoms with Crippen LogP contribution < -0.4 is 4.72 Å². The Morgan fingerprint density at radius 1 is 1.29 bits per heavy atom. The van der Waals surface area contributed by atoms with Crippen LogP contribution in [0.25, 0.3) is 0 Å². The lowest BCUT2D eigenvalue weighted by Crippen LogP contribution is -2.43. The molecule has 1 fully saturated rings. The summed E-state index contributed by atoms with van der Waals surface area (Å²) in [6.45, 7) is 2.20. The summed E-state index contributed by atoms with van der Waals surface area (Å²) in [4.78, 5) is 11.1. The number of sulfonamides is 1. The summed E-state index contributed by atoms with van der Waals surface area (Å²) in [5.74, 6) is -0.874. The highest BCUT2D eigenvalue weighted by Crippen LogP contribution is 2.43. The van der Waals surface area contributed by atoms with E-state index < -0.39 is 21.4 Å². The monoisotopic (exact) mass is 311 g/mol. The van der Waals surface area contributed by atoms with E-state index in [4.69, 9.17) is 5.11 Å². The average Bonchev–Trinajstić information content (AvgIpc) is 2.41. The molecule has 0 heterocycles. The number of aliphatic carboxylic acids is 1. The Labute approximate surface area is 125 Å². The lowest BCUT2D eigenvalue weighted by atomic mass is 9.67. The van der Waals surface area contributed by atoms with Gasteiger partial charge < -0.3 is 5.11 Å². The molecule has 0 atom stereocenters. The van der Waals surface area contributed by atoms with Crippen molar-refractivity contribution in [3.63, 3.8) is 0 Å². The Balaban J connectivity index is 2.04. The number of carboxylic acid groups (broad SMARTS) is 1. The van der Waals surface area contributed by atoms with Crippen molar-refractivity contribution in [1.29, 1.82) is 0 Å². The number of rotatable bonds is 7. The molecule has 5 nitrogen and oxygen atoms in total. The molecule has 1 aromatic carbocycles. The maximum absolute atomic E-state index is 12.2. The minimum Gasteiger partial charge on any atom is -0.481 e. The van der Waals surface area contributed by atoms with Gasteiger partial charge in [0.05, 0.1) is 11.3 Å². The van der Waals surface area contributed by atoms with E-state index in [2.05, 4.69) is 4.72 Å². The number of carbonyl (C=O) groups is 1. The SMILES string of the molecule is CCc1ccc(S(=O)(=O)NCC2(CC(=O)O)CCC2)cc1. The third kappa shape index (κ3) is 3.83. The van der Waals surface area contributed by atoms with Gasteiger partial charge in [-0.25, -0.2) is 13.1 Å². The van der Waals surface area contributed by atoms with Crippen LogP contribution in [-0.2, 0) is 21.2 Å². The summed E-state index contributed by atoms with van der Waals surface area (Å²) in [6.07, 6.45) is 3.35. The first-order chi connectivity index (χ1) is 9.87. The van der Waals surface area contributed by atoms with Gasteiger partial charge in [0.25, 0.3) is 0 Å². The predicted molar refractivity (Wildman–Crippen MR) is 79.5 cm³/mol. The lowest BCUT2D eigenvalue weighted by molar-refractivity contribution is -0.141. The second-order valence-electron chi connectivity index (χ2n) is 5.75.